The van der Waals surface area contributed by atoms with Gasteiger partial charge < -0.3 is 41.0 Å². The Hall–Kier alpha value is -4.96. The summed E-state index contributed by atoms with van der Waals surface area (Å²) < 4.78 is 21.8. The molecule has 0 bridgehead atoms. The summed E-state index contributed by atoms with van der Waals surface area (Å²) in [5.41, 5.74) is 12.8. The normalized spacial score (nSPS) is 12.3. The third kappa shape index (κ3) is 22.8. The van der Waals surface area contributed by atoms with Crippen molar-refractivity contribution >= 4 is 57.2 Å². The summed E-state index contributed by atoms with van der Waals surface area (Å²) in [4.78, 5) is 74.8. The second-order valence-electron chi connectivity index (χ2n) is 15.4. The molecule has 342 valence electrons. The smallest absolute Gasteiger partial charge is 0.412 e. The molecule has 0 aliphatic heterocycles. The summed E-state index contributed by atoms with van der Waals surface area (Å²) in [6.07, 6.45) is 14.9. The van der Waals surface area contributed by atoms with Crippen LogP contribution in [0.4, 0.5) is 4.79 Å². The zero-order chi connectivity index (χ0) is 45.9. The quantitative estimate of drug-likeness (QED) is 0.0187. The molecule has 14 nitrogen and oxygen atoms in total. The summed E-state index contributed by atoms with van der Waals surface area (Å²) in [6.45, 7) is 8.54. The van der Waals surface area contributed by atoms with E-state index >= 15 is 0 Å². The first-order valence-corrected chi connectivity index (χ1v) is 23.4. The molecule has 0 saturated heterocycles. The van der Waals surface area contributed by atoms with Crippen LogP contribution in [0, 0.1) is 11.8 Å². The maximum atomic E-state index is 12.8. The highest BCUT2D eigenvalue weighted by Crippen LogP contribution is 2.34. The number of nitrogens with two attached hydrogens (primary N) is 2. The van der Waals surface area contributed by atoms with Crippen LogP contribution >= 0.6 is 21.6 Å². The lowest BCUT2D eigenvalue weighted by Gasteiger charge is -2.17. The first-order valence-electron chi connectivity index (χ1n) is 21.1. The molecule has 0 aliphatic rings. The number of benzene rings is 2. The predicted molar refractivity (Wildman–Crippen MR) is 246 cm³/mol. The number of esters is 1. The number of hydrogen-bond donors (Lipinski definition) is 4. The Bertz CT molecular complexity index is 1690. The molecule has 0 radical (unpaired) electrons. The number of carbonyl (C=O) groups excluding carboxylic acids is 6. The average molecular weight is 899 g/mol. The Labute approximate surface area is 374 Å². The van der Waals surface area contributed by atoms with Crippen LogP contribution in [0.3, 0.4) is 0 Å². The van der Waals surface area contributed by atoms with Gasteiger partial charge in [-0.2, -0.15) is 0 Å². The van der Waals surface area contributed by atoms with Crippen molar-refractivity contribution in [3.63, 3.8) is 0 Å². The van der Waals surface area contributed by atoms with E-state index in [9.17, 15) is 28.8 Å². The van der Waals surface area contributed by atoms with Crippen LogP contribution in [0.15, 0.2) is 60.7 Å². The van der Waals surface area contributed by atoms with Crippen LogP contribution in [0.1, 0.15) is 109 Å². The van der Waals surface area contributed by atoms with Crippen molar-refractivity contribution in [2.24, 2.45) is 23.3 Å². The highest BCUT2D eigenvalue weighted by Gasteiger charge is 2.25. The fourth-order valence-corrected chi connectivity index (χ4v) is 8.40. The second-order valence-corrected chi connectivity index (χ2v) is 18.1. The standard InChI is InChI=1S/C46H66N4O10S2/c1-31(2)15-11-7-9-13-17-35(51)22-19-33-20-23-36(38(27-33)57-5)59-43(53)26-25-40(44(47)54)61-62-41(45(48)55)30-50-46(56)60-37-24-21-34(28-39(37)58-6)29-49-42(52)18-14-10-8-12-16-32(3)4/h11-12,15-16,20-21,23-24,27-28,31-32,40-41H,7-10,13-14,17-19,22,25-26,29-30H2,1-6H3,(H2,47,54)(H2,48,55)(H,49,52)(H,50,56)/b15-11+,16-12+. The number of primary amides is 2. The number of ketones is 1. The van der Waals surface area contributed by atoms with E-state index in [1.807, 2.05) is 0 Å². The van der Waals surface area contributed by atoms with Crippen LogP contribution in [-0.2, 0) is 36.9 Å². The Morgan fingerprint density at radius 1 is 0.645 bits per heavy atom. The number of allylic oxidation sites excluding steroid dienone is 4. The zero-order valence-corrected chi connectivity index (χ0v) is 38.7. The van der Waals surface area contributed by atoms with Gasteiger partial charge in [-0.25, -0.2) is 4.79 Å². The number of unbranched alkanes of at least 4 members (excludes halogenated alkanes) is 4. The van der Waals surface area contributed by atoms with Gasteiger partial charge in [0.15, 0.2) is 23.0 Å². The molecular formula is C46H66N4O10S2. The number of amides is 4. The first kappa shape index (κ1) is 53.2. The number of rotatable bonds is 31. The first-order chi connectivity index (χ1) is 29.6. The van der Waals surface area contributed by atoms with Crippen LogP contribution in [-0.4, -0.2) is 66.8 Å². The topological polar surface area (TPSA) is 215 Å². The fourth-order valence-electron chi connectivity index (χ4n) is 5.71. The van der Waals surface area contributed by atoms with E-state index in [0.717, 1.165) is 71.2 Å². The highest BCUT2D eigenvalue weighted by atomic mass is 33.1. The summed E-state index contributed by atoms with van der Waals surface area (Å²) >= 11 is 0. The van der Waals surface area contributed by atoms with Gasteiger partial charge in [-0.15, -0.1) is 0 Å². The van der Waals surface area contributed by atoms with E-state index in [1.54, 1.807) is 30.3 Å². The monoisotopic (exact) mass is 898 g/mol. The summed E-state index contributed by atoms with van der Waals surface area (Å²) in [5, 5.41) is 3.50. The van der Waals surface area contributed by atoms with Gasteiger partial charge >= 0.3 is 12.1 Å². The van der Waals surface area contributed by atoms with E-state index in [0.29, 0.717) is 43.3 Å². The molecule has 2 unspecified atom stereocenters. The molecule has 0 aromatic heterocycles. The summed E-state index contributed by atoms with van der Waals surface area (Å²) in [5.74, 6) is -0.0589. The predicted octanol–water partition coefficient (Wildman–Crippen LogP) is 7.93. The Morgan fingerprint density at radius 3 is 1.77 bits per heavy atom. The van der Waals surface area contributed by atoms with E-state index in [4.69, 9.17) is 30.4 Å². The van der Waals surface area contributed by atoms with Gasteiger partial charge in [0.1, 0.15) is 11.0 Å². The molecule has 2 aromatic carbocycles. The van der Waals surface area contributed by atoms with Crippen LogP contribution < -0.4 is 41.0 Å². The van der Waals surface area contributed by atoms with Crippen molar-refractivity contribution in [3.8, 4) is 23.0 Å². The zero-order valence-electron chi connectivity index (χ0n) is 37.0. The summed E-state index contributed by atoms with van der Waals surface area (Å²) in [6, 6.07) is 9.97. The molecule has 0 heterocycles. The van der Waals surface area contributed by atoms with Gasteiger partial charge in [-0.3, -0.25) is 24.0 Å². The number of hydrogen-bond acceptors (Lipinski definition) is 12. The molecule has 6 N–H and O–H groups in total. The number of Topliss-reactive ketones (excluding diaryl/α,β-unsaturated/α-hetero) is 1. The lowest BCUT2D eigenvalue weighted by Crippen LogP contribution is -2.39. The number of ether oxygens (including phenoxy) is 4. The minimum Gasteiger partial charge on any atom is -0.493 e. The SMILES string of the molecule is COc1cc(CCC(=O)CCCC/C=C/C(C)C)ccc1OC(=O)CCC(SSC(CNC(=O)Oc1ccc(CNC(=O)CCCC/C=C/C(C)C)cc1OC)C(N)=O)C(N)=O. The molecule has 62 heavy (non-hydrogen) atoms. The van der Waals surface area contributed by atoms with Crippen molar-refractivity contribution < 1.29 is 47.7 Å². The summed E-state index contributed by atoms with van der Waals surface area (Å²) in [7, 11) is 4.75. The Balaban J connectivity index is 1.82. The third-order valence-electron chi connectivity index (χ3n) is 9.17. The molecule has 2 aromatic rings. The van der Waals surface area contributed by atoms with Crippen molar-refractivity contribution in [3.05, 3.63) is 71.8 Å². The molecule has 16 heteroatoms. The van der Waals surface area contributed by atoms with Crippen molar-refractivity contribution in [1.29, 1.82) is 0 Å². The highest BCUT2D eigenvalue weighted by molar-refractivity contribution is 8.77. The Morgan fingerprint density at radius 2 is 1.19 bits per heavy atom. The van der Waals surface area contributed by atoms with Crippen LogP contribution in [0.5, 0.6) is 23.0 Å². The van der Waals surface area contributed by atoms with Gasteiger partial charge in [0.25, 0.3) is 0 Å². The minimum absolute atomic E-state index is 0.000830. The van der Waals surface area contributed by atoms with Gasteiger partial charge in [0, 0.05) is 38.8 Å². The molecule has 0 fully saturated rings. The molecule has 0 aliphatic carbocycles. The molecule has 0 spiro atoms. The van der Waals surface area contributed by atoms with E-state index in [1.165, 1.54) is 20.3 Å². The van der Waals surface area contributed by atoms with Crippen LogP contribution in [0.2, 0.25) is 0 Å². The van der Waals surface area contributed by atoms with Gasteiger partial charge in [0.05, 0.1) is 19.5 Å². The number of carbonyl (C=O) groups is 6. The van der Waals surface area contributed by atoms with Crippen LogP contribution in [0.25, 0.3) is 0 Å². The number of nitrogens with one attached hydrogen (secondary N) is 2. The van der Waals surface area contributed by atoms with Gasteiger partial charge in [-0.05, 0) is 98.6 Å². The molecule has 4 amide bonds. The largest absolute Gasteiger partial charge is 0.493 e. The second kappa shape index (κ2) is 30.1. The average Bonchev–Trinajstić information content (AvgIpc) is 3.22. The molecule has 2 atom stereocenters. The van der Waals surface area contributed by atoms with Gasteiger partial charge in [0.2, 0.25) is 17.7 Å². The minimum atomic E-state index is -0.985. The maximum Gasteiger partial charge on any atom is 0.412 e. The molecule has 0 saturated carbocycles. The number of aryl methyl sites for hydroxylation is 1. The van der Waals surface area contributed by atoms with Gasteiger partial charge in [-0.1, -0.05) is 85.7 Å². The van der Waals surface area contributed by atoms with E-state index in [-0.39, 0.29) is 54.9 Å². The van der Waals surface area contributed by atoms with Crippen molar-refractivity contribution in [1.82, 2.24) is 10.6 Å². The molecular weight excluding hydrogens is 833 g/mol. The van der Waals surface area contributed by atoms with Crippen molar-refractivity contribution in [2.45, 2.75) is 122 Å². The van der Waals surface area contributed by atoms with E-state index < -0.39 is 34.4 Å². The fraction of sp³-hybridized carbons (Fsp3) is 0.522. The molecule has 2 rings (SSSR count). The maximum absolute atomic E-state index is 12.8. The number of methoxy groups -OCH3 is 2. The van der Waals surface area contributed by atoms with E-state index in [2.05, 4.69) is 62.6 Å². The lowest BCUT2D eigenvalue weighted by molar-refractivity contribution is -0.134. The lowest BCUT2D eigenvalue weighted by atomic mass is 10.0. The van der Waals surface area contributed by atoms with Crippen molar-refractivity contribution in [2.75, 3.05) is 20.8 Å². The third-order valence-corrected chi connectivity index (χ3v) is 12.3. The Kier molecular flexibility index (Phi) is 25.9.